The summed E-state index contributed by atoms with van der Waals surface area (Å²) in [7, 11) is 1.28. The molecule has 7 nitrogen and oxygen atoms in total. The van der Waals surface area contributed by atoms with E-state index in [0.29, 0.717) is 17.7 Å². The topological polar surface area (TPSA) is 96.5 Å². The predicted octanol–water partition coefficient (Wildman–Crippen LogP) is 2.29. The van der Waals surface area contributed by atoms with Gasteiger partial charge in [-0.25, -0.2) is 9.59 Å². The molecule has 1 rings (SSSR count). The second kappa shape index (κ2) is 8.33. The molecule has 7 heteroatoms. The van der Waals surface area contributed by atoms with E-state index in [1.165, 1.54) is 7.11 Å². The van der Waals surface area contributed by atoms with E-state index in [1.807, 2.05) is 13.8 Å². The average molecular weight is 335 g/mol. The SMILES string of the molecule is CCC(C)(NC(=O)c1ccc(NC(=O)NC(C)C)cc1)C(=O)OC. The van der Waals surface area contributed by atoms with Gasteiger partial charge in [0, 0.05) is 17.3 Å². The van der Waals surface area contributed by atoms with Gasteiger partial charge in [0.25, 0.3) is 5.91 Å². The largest absolute Gasteiger partial charge is 0.467 e. The monoisotopic (exact) mass is 335 g/mol. The van der Waals surface area contributed by atoms with Crippen molar-refractivity contribution in [2.75, 3.05) is 12.4 Å². The van der Waals surface area contributed by atoms with Crippen molar-refractivity contribution in [1.29, 1.82) is 0 Å². The highest BCUT2D eigenvalue weighted by molar-refractivity contribution is 5.98. The van der Waals surface area contributed by atoms with Gasteiger partial charge in [0.15, 0.2) is 0 Å². The smallest absolute Gasteiger partial charge is 0.331 e. The molecule has 0 aromatic heterocycles. The highest BCUT2D eigenvalue weighted by atomic mass is 16.5. The lowest BCUT2D eigenvalue weighted by atomic mass is 9.98. The number of carbonyl (C=O) groups is 3. The van der Waals surface area contributed by atoms with Crippen LogP contribution in [0.4, 0.5) is 10.5 Å². The molecule has 0 saturated heterocycles. The molecule has 24 heavy (non-hydrogen) atoms. The van der Waals surface area contributed by atoms with Crippen molar-refractivity contribution in [2.45, 2.75) is 45.7 Å². The van der Waals surface area contributed by atoms with Crippen LogP contribution in [0.25, 0.3) is 0 Å². The summed E-state index contributed by atoms with van der Waals surface area (Å²) in [6.45, 7) is 7.12. The first-order chi connectivity index (χ1) is 11.2. The van der Waals surface area contributed by atoms with Gasteiger partial charge in [-0.2, -0.15) is 0 Å². The van der Waals surface area contributed by atoms with Crippen LogP contribution in [0.5, 0.6) is 0 Å². The number of hydrogen-bond acceptors (Lipinski definition) is 4. The molecule has 1 atom stereocenters. The maximum Gasteiger partial charge on any atom is 0.331 e. The lowest BCUT2D eigenvalue weighted by Gasteiger charge is -2.26. The van der Waals surface area contributed by atoms with Crippen LogP contribution < -0.4 is 16.0 Å². The molecule has 3 amide bonds. The Bertz CT molecular complexity index is 598. The summed E-state index contributed by atoms with van der Waals surface area (Å²) in [5, 5.41) is 8.06. The molecular formula is C17H25N3O4. The summed E-state index contributed by atoms with van der Waals surface area (Å²) in [5.41, 5.74) is -0.135. The van der Waals surface area contributed by atoms with E-state index in [0.717, 1.165) is 0 Å². The van der Waals surface area contributed by atoms with Crippen molar-refractivity contribution in [3.05, 3.63) is 29.8 Å². The summed E-state index contributed by atoms with van der Waals surface area (Å²) in [4.78, 5) is 35.7. The molecule has 0 aliphatic rings. The second-order valence-corrected chi connectivity index (χ2v) is 5.96. The fourth-order valence-corrected chi connectivity index (χ4v) is 1.97. The summed E-state index contributed by atoms with van der Waals surface area (Å²) in [5.74, 6) is -0.884. The van der Waals surface area contributed by atoms with Crippen LogP contribution in [0.3, 0.4) is 0 Å². The minimum atomic E-state index is -1.08. The van der Waals surface area contributed by atoms with Crippen molar-refractivity contribution in [3.63, 3.8) is 0 Å². The van der Waals surface area contributed by atoms with Crippen LogP contribution in [-0.2, 0) is 9.53 Å². The molecule has 3 N–H and O–H groups in total. The highest BCUT2D eigenvalue weighted by Crippen LogP contribution is 2.14. The van der Waals surface area contributed by atoms with Crippen LogP contribution in [0, 0.1) is 0 Å². The van der Waals surface area contributed by atoms with Crippen LogP contribution in [0.1, 0.15) is 44.5 Å². The van der Waals surface area contributed by atoms with E-state index in [2.05, 4.69) is 16.0 Å². The Morgan fingerprint density at radius 2 is 1.75 bits per heavy atom. The minimum absolute atomic E-state index is 0.0279. The fraction of sp³-hybridized carbons (Fsp3) is 0.471. The zero-order valence-corrected chi connectivity index (χ0v) is 14.7. The third-order valence-corrected chi connectivity index (χ3v) is 3.56. The van der Waals surface area contributed by atoms with E-state index in [-0.39, 0.29) is 18.0 Å². The molecule has 0 aliphatic carbocycles. The van der Waals surface area contributed by atoms with Gasteiger partial charge in [0.05, 0.1) is 7.11 Å². The number of methoxy groups -OCH3 is 1. The molecule has 1 unspecified atom stereocenters. The highest BCUT2D eigenvalue weighted by Gasteiger charge is 2.34. The van der Waals surface area contributed by atoms with Gasteiger partial charge >= 0.3 is 12.0 Å². The Morgan fingerprint density at radius 1 is 1.17 bits per heavy atom. The lowest BCUT2D eigenvalue weighted by Crippen LogP contribution is -2.52. The maximum absolute atomic E-state index is 12.3. The normalized spacial score (nSPS) is 12.9. The molecule has 0 heterocycles. The van der Waals surface area contributed by atoms with Gasteiger partial charge in [-0.15, -0.1) is 0 Å². The quantitative estimate of drug-likeness (QED) is 0.695. The number of benzene rings is 1. The zero-order chi connectivity index (χ0) is 18.3. The van der Waals surface area contributed by atoms with E-state index in [1.54, 1.807) is 38.1 Å². The number of anilines is 1. The molecule has 1 aromatic rings. The summed E-state index contributed by atoms with van der Waals surface area (Å²) in [6, 6.07) is 6.11. The van der Waals surface area contributed by atoms with Gasteiger partial charge in [-0.05, 0) is 51.5 Å². The minimum Gasteiger partial charge on any atom is -0.467 e. The van der Waals surface area contributed by atoms with Crippen molar-refractivity contribution < 1.29 is 19.1 Å². The van der Waals surface area contributed by atoms with Gasteiger partial charge in [-0.1, -0.05) is 6.92 Å². The first-order valence-electron chi connectivity index (χ1n) is 7.80. The van der Waals surface area contributed by atoms with Crippen LogP contribution in [0.2, 0.25) is 0 Å². The number of amides is 3. The number of urea groups is 1. The second-order valence-electron chi connectivity index (χ2n) is 5.96. The standard InChI is InChI=1S/C17H25N3O4/c1-6-17(4,15(22)24-5)20-14(21)12-7-9-13(10-8-12)19-16(23)18-11(2)3/h7-11H,6H2,1-5H3,(H,20,21)(H2,18,19,23). The first-order valence-corrected chi connectivity index (χ1v) is 7.80. The zero-order valence-electron chi connectivity index (χ0n) is 14.7. The predicted molar refractivity (Wildman–Crippen MR) is 91.9 cm³/mol. The van der Waals surface area contributed by atoms with E-state index in [4.69, 9.17) is 4.74 Å². The number of rotatable bonds is 6. The third kappa shape index (κ3) is 5.26. The molecule has 0 fully saturated rings. The van der Waals surface area contributed by atoms with Crippen molar-refractivity contribution >= 4 is 23.6 Å². The van der Waals surface area contributed by atoms with E-state index in [9.17, 15) is 14.4 Å². The lowest BCUT2D eigenvalue weighted by molar-refractivity contribution is -0.147. The summed E-state index contributed by atoms with van der Waals surface area (Å²) >= 11 is 0. The Kier molecular flexibility index (Phi) is 6.76. The number of hydrogen-bond donors (Lipinski definition) is 3. The van der Waals surface area contributed by atoms with Gasteiger partial charge < -0.3 is 20.7 Å². The van der Waals surface area contributed by atoms with Gasteiger partial charge in [-0.3, -0.25) is 4.79 Å². The van der Waals surface area contributed by atoms with E-state index >= 15 is 0 Å². The molecular weight excluding hydrogens is 310 g/mol. The fourth-order valence-electron chi connectivity index (χ4n) is 1.97. The molecule has 1 aromatic carbocycles. The maximum atomic E-state index is 12.3. The number of ether oxygens (including phenoxy) is 1. The molecule has 0 aliphatic heterocycles. The molecule has 0 bridgehead atoms. The first kappa shape index (κ1) is 19.5. The van der Waals surface area contributed by atoms with Crippen molar-refractivity contribution in [3.8, 4) is 0 Å². The molecule has 0 spiro atoms. The van der Waals surface area contributed by atoms with E-state index < -0.39 is 11.5 Å². The van der Waals surface area contributed by atoms with Crippen LogP contribution in [-0.4, -0.2) is 36.6 Å². The average Bonchev–Trinajstić information content (AvgIpc) is 2.53. The third-order valence-electron chi connectivity index (χ3n) is 3.56. The molecule has 132 valence electrons. The summed E-state index contributed by atoms with van der Waals surface area (Å²) < 4.78 is 4.73. The Labute approximate surface area is 142 Å². The molecule has 0 saturated carbocycles. The van der Waals surface area contributed by atoms with Crippen molar-refractivity contribution in [1.82, 2.24) is 10.6 Å². The number of esters is 1. The Balaban J connectivity index is 2.76. The van der Waals surface area contributed by atoms with Crippen molar-refractivity contribution in [2.24, 2.45) is 0 Å². The Morgan fingerprint density at radius 3 is 2.21 bits per heavy atom. The summed E-state index contributed by atoms with van der Waals surface area (Å²) in [6.07, 6.45) is 0.403. The number of carbonyl (C=O) groups excluding carboxylic acids is 3. The van der Waals surface area contributed by atoms with Gasteiger partial charge in [0.2, 0.25) is 0 Å². The van der Waals surface area contributed by atoms with Crippen LogP contribution >= 0.6 is 0 Å². The molecule has 0 radical (unpaired) electrons. The van der Waals surface area contributed by atoms with Crippen LogP contribution in [0.15, 0.2) is 24.3 Å². The Hall–Kier alpha value is -2.57. The van der Waals surface area contributed by atoms with Gasteiger partial charge in [0.1, 0.15) is 5.54 Å². The number of nitrogens with one attached hydrogen (secondary N) is 3.